The van der Waals surface area contributed by atoms with Gasteiger partial charge in [-0.1, -0.05) is 22.9 Å². The molecule has 0 saturated carbocycles. The summed E-state index contributed by atoms with van der Waals surface area (Å²) in [7, 11) is -6.69. The van der Waals surface area contributed by atoms with E-state index in [1.807, 2.05) is 6.92 Å². The van der Waals surface area contributed by atoms with Crippen molar-refractivity contribution >= 4 is 35.8 Å². The highest BCUT2D eigenvalue weighted by molar-refractivity contribution is 9.09. The molecule has 0 aromatic carbocycles. The molecule has 0 aliphatic rings. The van der Waals surface area contributed by atoms with E-state index >= 15 is 0 Å². The quantitative estimate of drug-likeness (QED) is 0.517. The second-order valence-corrected chi connectivity index (χ2v) is 9.52. The molecule has 1 atom stereocenters. The summed E-state index contributed by atoms with van der Waals surface area (Å²) in [6.45, 7) is 2.33. The Morgan fingerprint density at radius 3 is 2.19 bits per heavy atom. The number of alkyl halides is 1. The van der Waals surface area contributed by atoms with Crippen LogP contribution in [0.5, 0.6) is 0 Å². The first kappa shape index (κ1) is 16.3. The van der Waals surface area contributed by atoms with Crippen molar-refractivity contribution in [2.45, 2.75) is 24.6 Å². The molecule has 0 bridgehead atoms. The minimum absolute atomic E-state index is 0.336. The summed E-state index contributed by atoms with van der Waals surface area (Å²) in [6, 6.07) is 0. The molecular formula is C8H18BrNO4S2. The molecule has 0 radical (unpaired) electrons. The van der Waals surface area contributed by atoms with Crippen LogP contribution in [-0.2, 0) is 19.9 Å². The maximum Gasteiger partial charge on any atom is 0.212 e. The summed E-state index contributed by atoms with van der Waals surface area (Å²) in [4.78, 5) is 0.355. The Morgan fingerprint density at radius 2 is 1.75 bits per heavy atom. The van der Waals surface area contributed by atoms with Crippen LogP contribution in [0.25, 0.3) is 0 Å². The van der Waals surface area contributed by atoms with Crippen LogP contribution in [0.15, 0.2) is 0 Å². The zero-order valence-corrected chi connectivity index (χ0v) is 12.7. The van der Waals surface area contributed by atoms with Gasteiger partial charge in [0, 0.05) is 17.6 Å². The fourth-order valence-electron chi connectivity index (χ4n) is 0.944. The van der Waals surface area contributed by atoms with E-state index < -0.39 is 19.9 Å². The smallest absolute Gasteiger partial charge is 0.212 e. The summed E-state index contributed by atoms with van der Waals surface area (Å²) in [5.41, 5.74) is 0. The average molecular weight is 336 g/mol. The second kappa shape index (κ2) is 6.93. The van der Waals surface area contributed by atoms with Gasteiger partial charge in [-0.25, -0.2) is 21.6 Å². The summed E-state index contributed by atoms with van der Waals surface area (Å²) in [5, 5.41) is 0. The molecule has 0 amide bonds. The molecule has 0 saturated heterocycles. The Bertz CT molecular complexity index is 388. The van der Waals surface area contributed by atoms with Crippen LogP contribution in [0.4, 0.5) is 0 Å². The van der Waals surface area contributed by atoms with Crippen molar-refractivity contribution < 1.29 is 16.8 Å². The lowest BCUT2D eigenvalue weighted by molar-refractivity contribution is 0.575. The van der Waals surface area contributed by atoms with Crippen molar-refractivity contribution in [2.24, 2.45) is 0 Å². The number of rotatable bonds is 8. The van der Waals surface area contributed by atoms with Crippen LogP contribution in [0.3, 0.4) is 0 Å². The van der Waals surface area contributed by atoms with Gasteiger partial charge in [0.25, 0.3) is 0 Å². The van der Waals surface area contributed by atoms with Crippen LogP contribution < -0.4 is 4.72 Å². The normalized spacial score (nSPS) is 14.9. The van der Waals surface area contributed by atoms with E-state index in [9.17, 15) is 16.8 Å². The third-order valence-corrected chi connectivity index (χ3v) is 4.87. The van der Waals surface area contributed by atoms with Gasteiger partial charge in [0.1, 0.15) is 9.84 Å². The highest BCUT2D eigenvalue weighted by Crippen LogP contribution is 2.05. The fourth-order valence-corrected chi connectivity index (χ4v) is 3.96. The summed E-state index contributed by atoms with van der Waals surface area (Å²) in [6.07, 6.45) is 2.62. The molecule has 16 heavy (non-hydrogen) atoms. The standard InChI is InChI=1S/C8H18BrNO4S2/c1-8(9)4-3-5-10-16(13,14)7-6-15(2,11)12/h8,10H,3-7H2,1-2H3. The Hall–Kier alpha value is 0.340. The second-order valence-electron chi connectivity index (χ2n) is 3.77. The maximum absolute atomic E-state index is 11.3. The molecular weight excluding hydrogens is 318 g/mol. The van der Waals surface area contributed by atoms with E-state index in [1.54, 1.807) is 0 Å². The Labute approximate surface area is 106 Å². The van der Waals surface area contributed by atoms with Crippen molar-refractivity contribution in [3.05, 3.63) is 0 Å². The number of hydrogen-bond acceptors (Lipinski definition) is 4. The van der Waals surface area contributed by atoms with Crippen molar-refractivity contribution in [2.75, 3.05) is 24.3 Å². The molecule has 0 rings (SSSR count). The number of sulfone groups is 1. The Morgan fingerprint density at radius 1 is 1.19 bits per heavy atom. The lowest BCUT2D eigenvalue weighted by atomic mass is 10.2. The summed E-state index contributed by atoms with van der Waals surface area (Å²) < 4.78 is 46.6. The molecule has 0 fully saturated rings. The molecule has 8 heteroatoms. The highest BCUT2D eigenvalue weighted by Gasteiger charge is 2.13. The number of halogens is 1. The third kappa shape index (κ3) is 10.8. The summed E-state index contributed by atoms with van der Waals surface area (Å²) >= 11 is 3.36. The monoisotopic (exact) mass is 335 g/mol. The van der Waals surface area contributed by atoms with Crippen LogP contribution in [-0.4, -0.2) is 46.0 Å². The molecule has 1 unspecified atom stereocenters. The van der Waals surface area contributed by atoms with Crippen molar-refractivity contribution in [3.8, 4) is 0 Å². The number of sulfonamides is 1. The lowest BCUT2D eigenvalue weighted by Gasteiger charge is -2.06. The predicted molar refractivity (Wildman–Crippen MR) is 69.1 cm³/mol. The van der Waals surface area contributed by atoms with Crippen LogP contribution in [0, 0.1) is 0 Å². The lowest BCUT2D eigenvalue weighted by Crippen LogP contribution is -2.30. The van der Waals surface area contributed by atoms with Gasteiger partial charge in [-0.05, 0) is 12.8 Å². The Kier molecular flexibility index (Phi) is 7.07. The average Bonchev–Trinajstić information content (AvgIpc) is 2.08. The fraction of sp³-hybridized carbons (Fsp3) is 1.00. The van der Waals surface area contributed by atoms with Gasteiger partial charge in [-0.2, -0.15) is 0 Å². The minimum atomic E-state index is -3.46. The highest BCUT2D eigenvalue weighted by atomic mass is 79.9. The molecule has 0 aromatic rings. The van der Waals surface area contributed by atoms with Crippen molar-refractivity contribution in [1.82, 2.24) is 4.72 Å². The minimum Gasteiger partial charge on any atom is -0.229 e. The van der Waals surface area contributed by atoms with Crippen molar-refractivity contribution in [3.63, 3.8) is 0 Å². The van der Waals surface area contributed by atoms with Crippen LogP contribution >= 0.6 is 15.9 Å². The maximum atomic E-state index is 11.3. The van der Waals surface area contributed by atoms with Gasteiger partial charge in [-0.3, -0.25) is 0 Å². The predicted octanol–water partition coefficient (Wildman–Crippen LogP) is 0.514. The first-order valence-corrected chi connectivity index (χ1v) is 9.54. The summed E-state index contributed by atoms with van der Waals surface area (Å²) in [5.74, 6) is -0.702. The molecule has 0 aliphatic heterocycles. The number of hydrogen-bond donors (Lipinski definition) is 1. The molecule has 0 aromatic heterocycles. The van der Waals surface area contributed by atoms with Crippen LogP contribution in [0.2, 0.25) is 0 Å². The SMILES string of the molecule is CC(Br)CCCNS(=O)(=O)CCS(C)(=O)=O. The zero-order chi connectivity index (χ0) is 12.8. The van der Waals surface area contributed by atoms with Crippen LogP contribution in [0.1, 0.15) is 19.8 Å². The molecule has 0 heterocycles. The van der Waals surface area contributed by atoms with E-state index in [4.69, 9.17) is 0 Å². The van der Waals surface area contributed by atoms with E-state index in [0.717, 1.165) is 19.1 Å². The van der Waals surface area contributed by atoms with Gasteiger partial charge in [0.05, 0.1) is 11.5 Å². The first-order chi connectivity index (χ1) is 7.12. The Balaban J connectivity index is 3.89. The van der Waals surface area contributed by atoms with Gasteiger partial charge >= 0.3 is 0 Å². The van der Waals surface area contributed by atoms with Gasteiger partial charge in [0.15, 0.2) is 0 Å². The van der Waals surface area contributed by atoms with E-state index in [0.29, 0.717) is 11.4 Å². The molecule has 98 valence electrons. The largest absolute Gasteiger partial charge is 0.229 e. The topological polar surface area (TPSA) is 80.3 Å². The van der Waals surface area contributed by atoms with E-state index in [2.05, 4.69) is 20.7 Å². The third-order valence-electron chi connectivity index (χ3n) is 1.82. The van der Waals surface area contributed by atoms with Crippen molar-refractivity contribution in [1.29, 1.82) is 0 Å². The van der Waals surface area contributed by atoms with E-state index in [1.165, 1.54) is 0 Å². The molecule has 0 aliphatic carbocycles. The molecule has 5 nitrogen and oxygen atoms in total. The van der Waals surface area contributed by atoms with Gasteiger partial charge in [0.2, 0.25) is 10.0 Å². The zero-order valence-electron chi connectivity index (χ0n) is 9.44. The van der Waals surface area contributed by atoms with E-state index in [-0.39, 0.29) is 11.5 Å². The number of nitrogens with one attached hydrogen (secondary N) is 1. The molecule has 0 spiro atoms. The molecule has 1 N–H and O–H groups in total. The van der Waals surface area contributed by atoms with Gasteiger partial charge in [-0.15, -0.1) is 0 Å². The van der Waals surface area contributed by atoms with Gasteiger partial charge < -0.3 is 0 Å². The first-order valence-electron chi connectivity index (χ1n) is 4.91.